The summed E-state index contributed by atoms with van der Waals surface area (Å²) in [4.78, 5) is 11.0. The number of aryl methyl sites for hydroxylation is 1. The zero-order chi connectivity index (χ0) is 13.0. The second-order valence-corrected chi connectivity index (χ2v) is 4.90. The summed E-state index contributed by atoms with van der Waals surface area (Å²) in [6.07, 6.45) is 2.41. The molecule has 1 unspecified atom stereocenters. The molecule has 0 radical (unpaired) electrons. The van der Waals surface area contributed by atoms with Gasteiger partial charge < -0.3 is 15.0 Å². The van der Waals surface area contributed by atoms with E-state index in [-0.39, 0.29) is 0 Å². The fourth-order valence-electron chi connectivity index (χ4n) is 2.29. The lowest BCUT2D eigenvalue weighted by Gasteiger charge is -2.28. The van der Waals surface area contributed by atoms with Crippen LogP contribution in [0.25, 0.3) is 0 Å². The Kier molecular flexibility index (Phi) is 4.36. The number of hydrogen-bond acceptors (Lipinski definition) is 5. The lowest BCUT2D eigenvalue weighted by Crippen LogP contribution is -2.31. The van der Waals surface area contributed by atoms with Crippen LogP contribution in [0.15, 0.2) is 6.07 Å². The van der Waals surface area contributed by atoms with Crippen LogP contribution in [-0.4, -0.2) is 43.8 Å². The molecule has 1 N–H and O–H groups in total. The Morgan fingerprint density at radius 2 is 2.33 bits per heavy atom. The highest BCUT2D eigenvalue weighted by atomic mass is 16.5. The summed E-state index contributed by atoms with van der Waals surface area (Å²) in [6, 6.07) is 2.02. The monoisotopic (exact) mass is 250 g/mol. The van der Waals surface area contributed by atoms with E-state index in [1.807, 2.05) is 20.0 Å². The molecular formula is C13H22N4O. The molecule has 1 atom stereocenters. The molecule has 0 aliphatic carbocycles. The van der Waals surface area contributed by atoms with E-state index in [1.54, 1.807) is 0 Å². The molecule has 0 bridgehead atoms. The van der Waals surface area contributed by atoms with Crippen molar-refractivity contribution in [2.75, 3.05) is 44.1 Å². The van der Waals surface area contributed by atoms with E-state index in [1.165, 1.54) is 12.8 Å². The minimum Gasteiger partial charge on any atom is -0.381 e. The minimum atomic E-state index is 0.608. The van der Waals surface area contributed by atoms with Crippen molar-refractivity contribution in [3.05, 3.63) is 11.8 Å². The van der Waals surface area contributed by atoms with Gasteiger partial charge >= 0.3 is 0 Å². The number of ether oxygens (including phenoxy) is 1. The largest absolute Gasteiger partial charge is 0.381 e. The summed E-state index contributed by atoms with van der Waals surface area (Å²) < 4.78 is 5.52. The Labute approximate surface area is 109 Å². The molecule has 100 valence electrons. The molecule has 2 rings (SSSR count). The van der Waals surface area contributed by atoms with Gasteiger partial charge in [-0.3, -0.25) is 0 Å². The van der Waals surface area contributed by atoms with Crippen LogP contribution in [0.2, 0.25) is 0 Å². The number of anilines is 2. The highest BCUT2D eigenvalue weighted by Crippen LogP contribution is 2.19. The van der Waals surface area contributed by atoms with Gasteiger partial charge in [-0.25, -0.2) is 4.98 Å². The highest BCUT2D eigenvalue weighted by molar-refractivity contribution is 5.43. The van der Waals surface area contributed by atoms with Crippen molar-refractivity contribution in [3.8, 4) is 0 Å². The van der Waals surface area contributed by atoms with E-state index >= 15 is 0 Å². The minimum absolute atomic E-state index is 0.608. The first-order chi connectivity index (χ1) is 8.69. The van der Waals surface area contributed by atoms with Crippen LogP contribution in [0.4, 0.5) is 11.8 Å². The van der Waals surface area contributed by atoms with E-state index in [2.05, 4.69) is 27.2 Å². The first-order valence-corrected chi connectivity index (χ1v) is 6.51. The number of nitrogens with one attached hydrogen (secondary N) is 1. The zero-order valence-corrected chi connectivity index (χ0v) is 11.4. The van der Waals surface area contributed by atoms with Crippen LogP contribution in [0.5, 0.6) is 0 Å². The summed E-state index contributed by atoms with van der Waals surface area (Å²) in [5.41, 5.74) is 0.982. The molecule has 0 aromatic carbocycles. The number of nitrogens with zero attached hydrogens (tertiary/aromatic N) is 3. The molecule has 1 saturated heterocycles. The molecule has 5 heteroatoms. The lowest BCUT2D eigenvalue weighted by atomic mass is 10.0. The first-order valence-electron chi connectivity index (χ1n) is 6.51. The Morgan fingerprint density at radius 1 is 1.50 bits per heavy atom. The maximum absolute atomic E-state index is 5.52. The zero-order valence-electron chi connectivity index (χ0n) is 11.4. The van der Waals surface area contributed by atoms with Gasteiger partial charge in [-0.2, -0.15) is 4.98 Å². The third kappa shape index (κ3) is 3.32. The van der Waals surface area contributed by atoms with Crippen LogP contribution < -0.4 is 10.2 Å². The fraction of sp³-hybridized carbons (Fsp3) is 0.692. The van der Waals surface area contributed by atoms with Crippen molar-refractivity contribution in [3.63, 3.8) is 0 Å². The van der Waals surface area contributed by atoms with Crippen molar-refractivity contribution in [2.24, 2.45) is 5.92 Å². The standard InChI is InChI=1S/C13H22N4O/c1-10-7-12(16-13(14-2)15-10)17(3)8-11-5-4-6-18-9-11/h7,11H,4-6,8-9H2,1-3H3,(H,14,15,16). The molecule has 0 amide bonds. The highest BCUT2D eigenvalue weighted by Gasteiger charge is 2.17. The average molecular weight is 250 g/mol. The van der Waals surface area contributed by atoms with Crippen molar-refractivity contribution in [1.29, 1.82) is 0 Å². The predicted octanol–water partition coefficient (Wildman–Crippen LogP) is 1.69. The molecule has 5 nitrogen and oxygen atoms in total. The predicted molar refractivity (Wildman–Crippen MR) is 73.1 cm³/mol. The van der Waals surface area contributed by atoms with Gasteiger partial charge in [0.2, 0.25) is 5.95 Å². The fourth-order valence-corrected chi connectivity index (χ4v) is 2.29. The van der Waals surface area contributed by atoms with Gasteiger partial charge in [0.25, 0.3) is 0 Å². The Balaban J connectivity index is 2.02. The van der Waals surface area contributed by atoms with Crippen LogP contribution in [0.3, 0.4) is 0 Å². The molecule has 1 aliphatic rings. The number of hydrogen-bond donors (Lipinski definition) is 1. The van der Waals surface area contributed by atoms with Gasteiger partial charge in [0.15, 0.2) is 0 Å². The van der Waals surface area contributed by atoms with Gasteiger partial charge in [0.1, 0.15) is 5.82 Å². The average Bonchev–Trinajstić information content (AvgIpc) is 2.39. The third-order valence-corrected chi connectivity index (χ3v) is 3.24. The molecule has 1 aromatic heterocycles. The molecule has 2 heterocycles. The van der Waals surface area contributed by atoms with Gasteiger partial charge in [-0.15, -0.1) is 0 Å². The van der Waals surface area contributed by atoms with Crippen LogP contribution in [-0.2, 0) is 4.74 Å². The van der Waals surface area contributed by atoms with Crippen LogP contribution in [0, 0.1) is 12.8 Å². The van der Waals surface area contributed by atoms with E-state index in [4.69, 9.17) is 4.74 Å². The smallest absolute Gasteiger partial charge is 0.224 e. The summed E-state index contributed by atoms with van der Waals surface area (Å²) in [5, 5.41) is 2.99. The van der Waals surface area contributed by atoms with E-state index in [0.717, 1.165) is 31.3 Å². The van der Waals surface area contributed by atoms with Gasteiger partial charge in [-0.1, -0.05) is 0 Å². The summed E-state index contributed by atoms with van der Waals surface area (Å²) >= 11 is 0. The summed E-state index contributed by atoms with van der Waals surface area (Å²) in [7, 11) is 3.92. The van der Waals surface area contributed by atoms with Crippen molar-refractivity contribution < 1.29 is 4.74 Å². The first kappa shape index (κ1) is 13.1. The maximum atomic E-state index is 5.52. The number of aromatic nitrogens is 2. The Morgan fingerprint density at radius 3 is 3.00 bits per heavy atom. The Bertz CT molecular complexity index is 391. The van der Waals surface area contributed by atoms with E-state index < -0.39 is 0 Å². The van der Waals surface area contributed by atoms with Crippen molar-refractivity contribution in [1.82, 2.24) is 9.97 Å². The van der Waals surface area contributed by atoms with Crippen LogP contribution in [0.1, 0.15) is 18.5 Å². The molecule has 18 heavy (non-hydrogen) atoms. The molecular weight excluding hydrogens is 228 g/mol. The van der Waals surface area contributed by atoms with Gasteiger partial charge in [0, 0.05) is 39.0 Å². The molecule has 0 spiro atoms. The number of rotatable bonds is 4. The van der Waals surface area contributed by atoms with Crippen molar-refractivity contribution >= 4 is 11.8 Å². The summed E-state index contributed by atoms with van der Waals surface area (Å²) in [5.74, 6) is 2.26. The van der Waals surface area contributed by atoms with Gasteiger partial charge in [-0.05, 0) is 25.7 Å². The lowest BCUT2D eigenvalue weighted by molar-refractivity contribution is 0.0576. The third-order valence-electron chi connectivity index (χ3n) is 3.24. The summed E-state index contributed by atoms with van der Waals surface area (Å²) in [6.45, 7) is 4.76. The SMILES string of the molecule is CNc1nc(C)cc(N(C)CC2CCCOC2)n1. The second kappa shape index (κ2) is 6.00. The topological polar surface area (TPSA) is 50.3 Å². The molecule has 1 aromatic rings. The van der Waals surface area contributed by atoms with Crippen molar-refractivity contribution in [2.45, 2.75) is 19.8 Å². The van der Waals surface area contributed by atoms with E-state index in [9.17, 15) is 0 Å². The molecule has 1 fully saturated rings. The quantitative estimate of drug-likeness (QED) is 0.881. The van der Waals surface area contributed by atoms with Crippen LogP contribution >= 0.6 is 0 Å². The maximum Gasteiger partial charge on any atom is 0.224 e. The second-order valence-electron chi connectivity index (χ2n) is 4.90. The Hall–Kier alpha value is -1.36. The molecule has 0 saturated carbocycles. The van der Waals surface area contributed by atoms with Gasteiger partial charge in [0.05, 0.1) is 6.61 Å². The van der Waals surface area contributed by atoms with E-state index in [0.29, 0.717) is 11.9 Å². The normalized spacial score (nSPS) is 19.6. The molecule has 1 aliphatic heterocycles.